The summed E-state index contributed by atoms with van der Waals surface area (Å²) in [7, 11) is 0. The summed E-state index contributed by atoms with van der Waals surface area (Å²) in [5.41, 5.74) is 0.547. The van der Waals surface area contributed by atoms with E-state index in [1.807, 2.05) is 50.4 Å². The number of nitrogens with one attached hydrogen (secondary N) is 1. The molecular weight excluding hydrogens is 306 g/mol. The highest BCUT2D eigenvalue weighted by Gasteiger charge is 2.73. The molecule has 1 spiro atoms. The maximum atomic E-state index is 13.2. The molecule has 2 saturated heterocycles. The summed E-state index contributed by atoms with van der Waals surface area (Å²) in [5, 5.41) is 4.83. The third kappa shape index (κ3) is 1.61. The number of carbonyl (C=O) groups excluding carboxylic acids is 3. The number of para-hydroxylation sites is 1. The van der Waals surface area contributed by atoms with Crippen molar-refractivity contribution in [3.8, 4) is 0 Å². The van der Waals surface area contributed by atoms with Crippen LogP contribution < -0.4 is 10.6 Å². The van der Waals surface area contributed by atoms with E-state index in [4.69, 9.17) is 0 Å². The second kappa shape index (κ2) is 4.89. The lowest BCUT2D eigenvalue weighted by Gasteiger charge is -2.28. The molecule has 126 valence electrons. The SMILES string of the molecule is CC[C@@H](C)N1C(=O)[C@H]2[C@@H](C1=O)[C@@]1([NH2+][C@@H]2C)C(=O)Nc2ccccc21. The van der Waals surface area contributed by atoms with Crippen LogP contribution in [0.5, 0.6) is 0 Å². The molecule has 5 atom stereocenters. The predicted molar refractivity (Wildman–Crippen MR) is 86.7 cm³/mol. The van der Waals surface area contributed by atoms with E-state index in [0.717, 1.165) is 11.3 Å². The van der Waals surface area contributed by atoms with Crippen LogP contribution >= 0.6 is 0 Å². The fourth-order valence-corrected chi connectivity index (χ4v) is 4.74. The molecule has 0 bridgehead atoms. The van der Waals surface area contributed by atoms with Crippen LogP contribution in [0.3, 0.4) is 0 Å². The van der Waals surface area contributed by atoms with Crippen molar-refractivity contribution < 1.29 is 19.7 Å². The first-order valence-electron chi connectivity index (χ1n) is 8.57. The highest BCUT2D eigenvalue weighted by molar-refractivity contribution is 6.14. The summed E-state index contributed by atoms with van der Waals surface area (Å²) in [6, 6.07) is 7.22. The van der Waals surface area contributed by atoms with Crippen molar-refractivity contribution >= 4 is 23.4 Å². The van der Waals surface area contributed by atoms with Crippen LogP contribution in [0.4, 0.5) is 5.69 Å². The maximum Gasteiger partial charge on any atom is 0.291 e. The van der Waals surface area contributed by atoms with Gasteiger partial charge in [0.15, 0.2) is 0 Å². The number of carbonyl (C=O) groups is 3. The number of nitrogens with zero attached hydrogens (tertiary/aromatic N) is 1. The highest BCUT2D eigenvalue weighted by Crippen LogP contribution is 2.49. The number of fused-ring (bicyclic) bond motifs is 4. The molecule has 6 heteroatoms. The molecule has 1 aromatic carbocycles. The second-order valence-corrected chi connectivity index (χ2v) is 7.20. The summed E-state index contributed by atoms with van der Waals surface area (Å²) in [5.74, 6) is -1.58. The summed E-state index contributed by atoms with van der Waals surface area (Å²) in [4.78, 5) is 40.4. The van der Waals surface area contributed by atoms with Gasteiger partial charge in [-0.3, -0.25) is 19.3 Å². The fourth-order valence-electron chi connectivity index (χ4n) is 4.74. The number of anilines is 1. The molecule has 3 N–H and O–H groups in total. The largest absolute Gasteiger partial charge is 0.326 e. The molecule has 0 saturated carbocycles. The third-order valence-electron chi connectivity index (χ3n) is 6.00. The number of nitrogens with two attached hydrogens (primary N) is 1. The van der Waals surface area contributed by atoms with Crippen molar-refractivity contribution in [3.05, 3.63) is 29.8 Å². The van der Waals surface area contributed by atoms with Gasteiger partial charge in [-0.15, -0.1) is 0 Å². The molecule has 0 radical (unpaired) electrons. The highest BCUT2D eigenvalue weighted by atomic mass is 16.2. The average molecular weight is 328 g/mol. The Balaban J connectivity index is 1.88. The van der Waals surface area contributed by atoms with Crippen LogP contribution in [-0.4, -0.2) is 34.7 Å². The Hall–Kier alpha value is -2.21. The number of hydrogen-bond donors (Lipinski definition) is 2. The molecule has 3 aliphatic rings. The zero-order valence-electron chi connectivity index (χ0n) is 14.1. The van der Waals surface area contributed by atoms with E-state index in [1.54, 1.807) is 0 Å². The van der Waals surface area contributed by atoms with Gasteiger partial charge >= 0.3 is 0 Å². The van der Waals surface area contributed by atoms with Gasteiger partial charge in [0.1, 0.15) is 11.8 Å². The lowest BCUT2D eigenvalue weighted by molar-refractivity contribution is -0.730. The minimum absolute atomic E-state index is 0.114. The first kappa shape index (κ1) is 15.3. The Morgan fingerprint density at radius 1 is 1.25 bits per heavy atom. The second-order valence-electron chi connectivity index (χ2n) is 7.20. The van der Waals surface area contributed by atoms with Gasteiger partial charge in [0, 0.05) is 11.6 Å². The first-order valence-corrected chi connectivity index (χ1v) is 8.57. The van der Waals surface area contributed by atoms with Gasteiger partial charge in [0.25, 0.3) is 5.91 Å². The monoisotopic (exact) mass is 328 g/mol. The van der Waals surface area contributed by atoms with Crippen molar-refractivity contribution in [2.24, 2.45) is 11.8 Å². The zero-order valence-corrected chi connectivity index (χ0v) is 14.1. The summed E-state index contributed by atoms with van der Waals surface area (Å²) < 4.78 is 0. The van der Waals surface area contributed by atoms with Gasteiger partial charge in [-0.25, -0.2) is 0 Å². The smallest absolute Gasteiger partial charge is 0.291 e. The summed E-state index contributed by atoms with van der Waals surface area (Å²) >= 11 is 0. The number of amides is 3. The summed E-state index contributed by atoms with van der Waals surface area (Å²) in [6.45, 7) is 5.79. The molecule has 6 nitrogen and oxygen atoms in total. The minimum Gasteiger partial charge on any atom is -0.326 e. The van der Waals surface area contributed by atoms with Crippen LogP contribution in [0.1, 0.15) is 32.8 Å². The standard InChI is InChI=1S/C18H21N3O3/c1-4-9(2)21-15(22)13-10(3)20-18(14(13)16(21)23)11-7-5-6-8-12(11)19-17(18)24/h5-10,13-14,20H,4H2,1-3H3,(H,19,24)/p+1/t9-,10-,13-,14+,18-/m1/s1. The zero-order chi connectivity index (χ0) is 17.2. The van der Waals surface area contributed by atoms with Gasteiger partial charge in [-0.1, -0.05) is 25.1 Å². The van der Waals surface area contributed by atoms with Gasteiger partial charge in [0.2, 0.25) is 17.4 Å². The van der Waals surface area contributed by atoms with E-state index in [9.17, 15) is 14.4 Å². The Morgan fingerprint density at radius 2 is 1.96 bits per heavy atom. The van der Waals surface area contributed by atoms with Crippen LogP contribution in [0.15, 0.2) is 24.3 Å². The Bertz CT molecular complexity index is 762. The normalized spacial score (nSPS) is 35.4. The number of hydrogen-bond acceptors (Lipinski definition) is 3. The number of benzene rings is 1. The van der Waals surface area contributed by atoms with E-state index >= 15 is 0 Å². The van der Waals surface area contributed by atoms with Crippen molar-refractivity contribution in [1.82, 2.24) is 4.90 Å². The van der Waals surface area contributed by atoms with Crippen molar-refractivity contribution in [1.29, 1.82) is 0 Å². The number of imide groups is 1. The minimum atomic E-state index is -1.02. The molecule has 0 aromatic heterocycles. The summed E-state index contributed by atoms with van der Waals surface area (Å²) in [6.07, 6.45) is 0.713. The molecule has 1 aromatic rings. The molecule has 3 heterocycles. The van der Waals surface area contributed by atoms with Crippen LogP contribution in [0.25, 0.3) is 0 Å². The van der Waals surface area contributed by atoms with Crippen LogP contribution in [0.2, 0.25) is 0 Å². The first-order chi connectivity index (χ1) is 11.4. The van der Waals surface area contributed by atoms with Crippen molar-refractivity contribution in [2.75, 3.05) is 5.32 Å². The fraction of sp³-hybridized carbons (Fsp3) is 0.500. The lowest BCUT2D eigenvalue weighted by Crippen LogP contribution is -2.98. The average Bonchev–Trinajstić information content (AvgIpc) is 3.12. The molecule has 2 fully saturated rings. The van der Waals surface area contributed by atoms with Gasteiger partial charge in [-0.2, -0.15) is 0 Å². The van der Waals surface area contributed by atoms with Gasteiger partial charge in [0.05, 0.1) is 11.7 Å². The molecule has 3 aliphatic heterocycles. The van der Waals surface area contributed by atoms with Crippen molar-refractivity contribution in [2.45, 2.75) is 44.8 Å². The van der Waals surface area contributed by atoms with Crippen LogP contribution in [-0.2, 0) is 19.9 Å². The van der Waals surface area contributed by atoms with E-state index in [2.05, 4.69) is 5.32 Å². The van der Waals surface area contributed by atoms with E-state index in [1.165, 1.54) is 4.90 Å². The molecule has 24 heavy (non-hydrogen) atoms. The Labute approximate surface area is 140 Å². The van der Waals surface area contributed by atoms with E-state index in [0.29, 0.717) is 6.42 Å². The van der Waals surface area contributed by atoms with Gasteiger partial charge < -0.3 is 10.6 Å². The van der Waals surface area contributed by atoms with Crippen LogP contribution in [0, 0.1) is 11.8 Å². The molecule has 0 unspecified atom stereocenters. The Morgan fingerprint density at radius 3 is 2.67 bits per heavy atom. The van der Waals surface area contributed by atoms with Gasteiger partial charge in [-0.05, 0) is 26.3 Å². The number of quaternary nitrogens is 1. The third-order valence-corrected chi connectivity index (χ3v) is 6.00. The molecule has 4 rings (SSSR count). The molecular formula is C18H22N3O3+. The lowest BCUT2D eigenvalue weighted by atomic mass is 9.76. The number of rotatable bonds is 2. The quantitative estimate of drug-likeness (QED) is 0.761. The topological polar surface area (TPSA) is 83.1 Å². The molecule has 3 amide bonds. The predicted octanol–water partition coefficient (Wildman–Crippen LogP) is 0.199. The van der Waals surface area contributed by atoms with E-state index in [-0.39, 0.29) is 29.8 Å². The van der Waals surface area contributed by atoms with Crippen molar-refractivity contribution in [3.63, 3.8) is 0 Å². The Kier molecular flexibility index (Phi) is 3.12. The molecule has 0 aliphatic carbocycles. The number of likely N-dealkylation sites (tertiary alicyclic amines) is 1. The maximum absolute atomic E-state index is 13.2. The van der Waals surface area contributed by atoms with E-state index < -0.39 is 17.4 Å².